The Bertz CT molecular complexity index is 760. The van der Waals surface area contributed by atoms with E-state index in [1.165, 1.54) is 16.9 Å². The first kappa shape index (κ1) is 14.1. The Morgan fingerprint density at radius 2 is 2.14 bits per heavy atom. The summed E-state index contributed by atoms with van der Waals surface area (Å²) in [6.07, 6.45) is 3.05. The number of carbonyl (C=O) groups is 1. The topological polar surface area (TPSA) is 59.2 Å². The Balaban J connectivity index is 2.03. The Morgan fingerprint density at radius 3 is 2.81 bits per heavy atom. The lowest BCUT2D eigenvalue weighted by atomic mass is 10.1. The van der Waals surface area contributed by atoms with Crippen LogP contribution < -0.4 is 5.73 Å². The fraction of sp³-hybridized carbons (Fsp3) is 0.375. The number of anilines is 1. The molecule has 0 aliphatic carbocycles. The average Bonchev–Trinajstić information content (AvgIpc) is 2.76. The number of fused-ring (bicyclic) bond motifs is 1. The van der Waals surface area contributed by atoms with Crippen molar-refractivity contribution in [1.29, 1.82) is 0 Å². The van der Waals surface area contributed by atoms with Gasteiger partial charge in [0.15, 0.2) is 0 Å². The van der Waals surface area contributed by atoms with Crippen LogP contribution >= 0.6 is 11.3 Å². The Morgan fingerprint density at radius 1 is 1.38 bits per heavy atom. The predicted octanol–water partition coefficient (Wildman–Crippen LogP) is 3.29. The number of aromatic nitrogens is 1. The van der Waals surface area contributed by atoms with E-state index in [0.29, 0.717) is 17.1 Å². The quantitative estimate of drug-likeness (QED) is 0.822. The fourth-order valence-electron chi connectivity index (χ4n) is 2.73. The summed E-state index contributed by atoms with van der Waals surface area (Å²) < 4.78 is 0. The van der Waals surface area contributed by atoms with Crippen LogP contribution in [0.3, 0.4) is 0 Å². The van der Waals surface area contributed by atoms with Crippen LogP contribution in [0.1, 0.15) is 34.3 Å². The molecule has 1 amide bonds. The van der Waals surface area contributed by atoms with Gasteiger partial charge in [-0.2, -0.15) is 0 Å². The molecule has 0 saturated carbocycles. The zero-order chi connectivity index (χ0) is 15.1. The molecule has 3 heterocycles. The van der Waals surface area contributed by atoms with Crippen LogP contribution in [0.4, 0.5) is 5.69 Å². The van der Waals surface area contributed by atoms with Gasteiger partial charge in [0.2, 0.25) is 0 Å². The molecule has 1 aliphatic rings. The lowest BCUT2D eigenvalue weighted by molar-refractivity contribution is 0.0775. The third kappa shape index (κ3) is 2.42. The normalized spacial score (nSPS) is 15.4. The number of rotatable bonds is 1. The van der Waals surface area contributed by atoms with Crippen LogP contribution in [0.15, 0.2) is 17.7 Å². The highest BCUT2D eigenvalue weighted by molar-refractivity contribution is 7.21. The van der Waals surface area contributed by atoms with Crippen molar-refractivity contribution >= 4 is 33.1 Å². The highest BCUT2D eigenvalue weighted by Crippen LogP contribution is 2.36. The maximum Gasteiger partial charge on any atom is 0.266 e. The molecule has 0 fully saturated rings. The molecule has 4 nitrogen and oxygen atoms in total. The molecule has 0 bridgehead atoms. The van der Waals surface area contributed by atoms with Crippen molar-refractivity contribution in [2.75, 3.05) is 18.8 Å². The zero-order valence-electron chi connectivity index (χ0n) is 12.6. The molecule has 2 N–H and O–H groups in total. The van der Waals surface area contributed by atoms with Gasteiger partial charge in [0.1, 0.15) is 9.71 Å². The number of aryl methyl sites for hydroxylation is 2. The molecule has 2 aromatic rings. The number of carbonyl (C=O) groups excluding carboxylic acids is 1. The van der Waals surface area contributed by atoms with E-state index in [-0.39, 0.29) is 5.91 Å². The van der Waals surface area contributed by atoms with Gasteiger partial charge in [-0.15, -0.1) is 11.3 Å². The fourth-order valence-corrected chi connectivity index (χ4v) is 3.91. The Hall–Kier alpha value is -1.88. The monoisotopic (exact) mass is 301 g/mol. The second kappa shape index (κ2) is 5.15. The van der Waals surface area contributed by atoms with E-state index in [4.69, 9.17) is 5.73 Å². The minimum atomic E-state index is 0.0244. The number of nitrogen functional groups attached to an aromatic ring is 1. The molecule has 0 unspecified atom stereocenters. The highest BCUT2D eigenvalue weighted by atomic mass is 32.1. The number of nitrogens with two attached hydrogens (primary N) is 1. The van der Waals surface area contributed by atoms with E-state index in [0.717, 1.165) is 34.4 Å². The van der Waals surface area contributed by atoms with Gasteiger partial charge in [0.05, 0.1) is 5.69 Å². The third-order valence-corrected chi connectivity index (χ3v) is 5.03. The van der Waals surface area contributed by atoms with Gasteiger partial charge < -0.3 is 10.6 Å². The first-order valence-electron chi connectivity index (χ1n) is 7.08. The van der Waals surface area contributed by atoms with Crippen molar-refractivity contribution in [3.63, 3.8) is 0 Å². The molecular weight excluding hydrogens is 282 g/mol. The van der Waals surface area contributed by atoms with E-state index in [9.17, 15) is 4.79 Å². The molecule has 110 valence electrons. The van der Waals surface area contributed by atoms with Gasteiger partial charge in [-0.05, 0) is 38.8 Å². The highest BCUT2D eigenvalue weighted by Gasteiger charge is 2.24. The third-order valence-electron chi connectivity index (χ3n) is 3.94. The summed E-state index contributed by atoms with van der Waals surface area (Å²) in [5.74, 6) is 0.0244. The molecule has 2 aromatic heterocycles. The Kier molecular flexibility index (Phi) is 3.45. The van der Waals surface area contributed by atoms with Crippen LogP contribution in [-0.4, -0.2) is 28.9 Å². The van der Waals surface area contributed by atoms with Crippen molar-refractivity contribution in [3.05, 3.63) is 33.9 Å². The maximum absolute atomic E-state index is 12.7. The minimum Gasteiger partial charge on any atom is -0.397 e. The Labute approximate surface area is 128 Å². The molecule has 0 atom stereocenters. The maximum atomic E-state index is 12.7. The number of nitrogens with zero attached hydrogens (tertiary/aromatic N) is 2. The number of pyridine rings is 1. The van der Waals surface area contributed by atoms with Gasteiger partial charge >= 0.3 is 0 Å². The van der Waals surface area contributed by atoms with Gasteiger partial charge in [0.25, 0.3) is 5.91 Å². The molecule has 5 heteroatoms. The van der Waals surface area contributed by atoms with E-state index in [1.54, 1.807) is 0 Å². The number of hydrogen-bond acceptors (Lipinski definition) is 4. The summed E-state index contributed by atoms with van der Waals surface area (Å²) in [5.41, 5.74) is 10.2. The van der Waals surface area contributed by atoms with E-state index in [1.807, 2.05) is 24.8 Å². The molecule has 21 heavy (non-hydrogen) atoms. The molecule has 0 radical (unpaired) electrons. The lowest BCUT2D eigenvalue weighted by Crippen LogP contribution is -2.34. The minimum absolute atomic E-state index is 0.0244. The van der Waals surface area contributed by atoms with Crippen molar-refractivity contribution in [3.8, 4) is 0 Å². The van der Waals surface area contributed by atoms with Gasteiger partial charge in [-0.25, -0.2) is 4.98 Å². The molecule has 0 spiro atoms. The van der Waals surface area contributed by atoms with E-state index in [2.05, 4.69) is 18.0 Å². The summed E-state index contributed by atoms with van der Waals surface area (Å²) in [7, 11) is 0. The lowest BCUT2D eigenvalue weighted by Gasteiger charge is -2.25. The van der Waals surface area contributed by atoms with Crippen molar-refractivity contribution < 1.29 is 4.79 Å². The smallest absolute Gasteiger partial charge is 0.266 e. The molecular formula is C16H19N3OS. The molecule has 0 saturated heterocycles. The largest absolute Gasteiger partial charge is 0.397 e. The van der Waals surface area contributed by atoms with Crippen LogP contribution in [0.5, 0.6) is 0 Å². The SMILES string of the molecule is CC1=CCN(C(=O)c2sc3nc(C)cc(C)c3c2N)CC1. The number of hydrogen-bond donors (Lipinski definition) is 1. The first-order valence-corrected chi connectivity index (χ1v) is 7.90. The van der Waals surface area contributed by atoms with E-state index >= 15 is 0 Å². The zero-order valence-corrected chi connectivity index (χ0v) is 13.4. The van der Waals surface area contributed by atoms with Crippen molar-refractivity contribution in [2.45, 2.75) is 27.2 Å². The standard InChI is InChI=1S/C16H19N3OS/c1-9-4-6-19(7-5-9)16(20)14-13(17)12-10(2)8-11(3)18-15(12)21-14/h4,8H,5-7,17H2,1-3H3. The van der Waals surface area contributed by atoms with Crippen LogP contribution in [-0.2, 0) is 0 Å². The average molecular weight is 301 g/mol. The molecule has 1 aliphatic heterocycles. The van der Waals surface area contributed by atoms with Crippen molar-refractivity contribution in [2.24, 2.45) is 0 Å². The number of thiophene rings is 1. The van der Waals surface area contributed by atoms with Gasteiger partial charge in [-0.1, -0.05) is 11.6 Å². The van der Waals surface area contributed by atoms with Gasteiger partial charge in [-0.3, -0.25) is 4.79 Å². The summed E-state index contributed by atoms with van der Waals surface area (Å²) >= 11 is 1.41. The summed E-state index contributed by atoms with van der Waals surface area (Å²) in [6.45, 7) is 7.51. The van der Waals surface area contributed by atoms with Gasteiger partial charge in [0, 0.05) is 24.2 Å². The van der Waals surface area contributed by atoms with E-state index < -0.39 is 0 Å². The summed E-state index contributed by atoms with van der Waals surface area (Å²) in [5, 5.41) is 0.928. The second-order valence-electron chi connectivity index (χ2n) is 5.66. The van der Waals surface area contributed by atoms with Crippen LogP contribution in [0.25, 0.3) is 10.2 Å². The summed E-state index contributed by atoms with van der Waals surface area (Å²) in [6, 6.07) is 2.01. The van der Waals surface area contributed by atoms with Crippen LogP contribution in [0.2, 0.25) is 0 Å². The molecule has 3 rings (SSSR count). The second-order valence-corrected chi connectivity index (χ2v) is 6.66. The first-order chi connectivity index (χ1) is 9.97. The van der Waals surface area contributed by atoms with Crippen LogP contribution in [0, 0.1) is 13.8 Å². The van der Waals surface area contributed by atoms with Crippen molar-refractivity contribution in [1.82, 2.24) is 9.88 Å². The summed E-state index contributed by atoms with van der Waals surface area (Å²) in [4.78, 5) is 20.5. The number of amides is 1. The molecule has 0 aromatic carbocycles. The predicted molar refractivity (Wildman–Crippen MR) is 87.8 cm³/mol.